The Labute approximate surface area is 104 Å². The molecule has 0 unspecified atom stereocenters. The van der Waals surface area contributed by atoms with Crippen LogP contribution in [0.2, 0.25) is 5.02 Å². The summed E-state index contributed by atoms with van der Waals surface area (Å²) in [5, 5.41) is 11.2. The fourth-order valence-corrected chi connectivity index (χ4v) is 1.79. The first kappa shape index (κ1) is 10.6. The molecule has 0 atom stereocenters. The lowest BCUT2D eigenvalue weighted by molar-refractivity contribution is 0.931. The molecule has 1 fully saturated rings. The number of nitrogens with zero attached hydrogens (tertiary/aromatic N) is 2. The number of aromatic amines is 1. The minimum absolute atomic E-state index is 0.593. The number of rotatable bonds is 4. The first-order valence-corrected chi connectivity index (χ1v) is 6.10. The van der Waals surface area contributed by atoms with E-state index in [9.17, 15) is 0 Å². The first-order chi connectivity index (χ1) is 8.31. The van der Waals surface area contributed by atoms with Gasteiger partial charge in [0.15, 0.2) is 5.82 Å². The largest absolute Gasteiger partial charge is 0.378 e. The van der Waals surface area contributed by atoms with Crippen molar-refractivity contribution in [1.29, 1.82) is 0 Å². The monoisotopic (exact) mass is 248 g/mol. The molecule has 0 amide bonds. The molecule has 0 radical (unpaired) electrons. The highest BCUT2D eigenvalue weighted by Gasteiger charge is 2.27. The number of halogens is 1. The summed E-state index contributed by atoms with van der Waals surface area (Å²) in [6, 6.07) is 7.61. The molecule has 0 spiro atoms. The molecule has 17 heavy (non-hydrogen) atoms. The molecule has 0 saturated heterocycles. The van der Waals surface area contributed by atoms with E-state index in [1.807, 2.05) is 24.3 Å². The lowest BCUT2D eigenvalue weighted by Gasteiger charge is -2.03. The molecule has 1 aliphatic rings. The molecule has 1 aromatic heterocycles. The van der Waals surface area contributed by atoms with Crippen LogP contribution in [0, 0.1) is 0 Å². The van der Waals surface area contributed by atoms with E-state index in [0.717, 1.165) is 22.4 Å². The molecular weight excluding hydrogens is 236 g/mol. The third-order valence-electron chi connectivity index (χ3n) is 2.80. The number of aromatic nitrogens is 3. The molecule has 5 heteroatoms. The van der Waals surface area contributed by atoms with Gasteiger partial charge in [0.1, 0.15) is 5.82 Å². The van der Waals surface area contributed by atoms with Crippen molar-refractivity contribution in [2.24, 2.45) is 0 Å². The van der Waals surface area contributed by atoms with E-state index in [2.05, 4.69) is 20.5 Å². The summed E-state index contributed by atoms with van der Waals surface area (Å²) < 4.78 is 0. The van der Waals surface area contributed by atoms with E-state index in [4.69, 9.17) is 11.6 Å². The van der Waals surface area contributed by atoms with Crippen molar-refractivity contribution in [3.05, 3.63) is 40.9 Å². The fourth-order valence-electron chi connectivity index (χ4n) is 1.67. The van der Waals surface area contributed by atoms with Crippen LogP contribution in [0.15, 0.2) is 24.3 Å². The second-order valence-electron chi connectivity index (χ2n) is 4.28. The van der Waals surface area contributed by atoms with Crippen molar-refractivity contribution >= 4 is 17.3 Å². The molecular formula is C12H13ClN4. The average molecular weight is 249 g/mol. The lowest BCUT2D eigenvalue weighted by atomic mass is 10.3. The number of benzene rings is 1. The fraction of sp³-hybridized carbons (Fsp3) is 0.333. The summed E-state index contributed by atoms with van der Waals surface area (Å²) in [5.74, 6) is 2.43. The predicted molar refractivity (Wildman–Crippen MR) is 67.1 cm³/mol. The molecule has 1 heterocycles. The Hall–Kier alpha value is -1.55. The molecule has 0 aliphatic heterocycles. The van der Waals surface area contributed by atoms with Crippen LogP contribution in [0.1, 0.15) is 30.4 Å². The maximum absolute atomic E-state index is 5.82. The molecule has 1 aromatic carbocycles. The molecule has 0 bridgehead atoms. The molecule has 1 aliphatic carbocycles. The molecule has 88 valence electrons. The highest BCUT2D eigenvalue weighted by Crippen LogP contribution is 2.37. The molecule has 4 nitrogen and oxygen atoms in total. The third-order valence-corrected chi connectivity index (χ3v) is 3.05. The van der Waals surface area contributed by atoms with Gasteiger partial charge in [-0.3, -0.25) is 5.10 Å². The van der Waals surface area contributed by atoms with Crippen molar-refractivity contribution in [3.8, 4) is 0 Å². The van der Waals surface area contributed by atoms with Crippen LogP contribution in [0.25, 0.3) is 0 Å². The average Bonchev–Trinajstić information content (AvgIpc) is 3.09. The topological polar surface area (TPSA) is 53.6 Å². The van der Waals surface area contributed by atoms with Gasteiger partial charge in [0, 0.05) is 16.6 Å². The Morgan fingerprint density at radius 3 is 2.76 bits per heavy atom. The maximum atomic E-state index is 5.82. The molecule has 3 rings (SSSR count). The van der Waals surface area contributed by atoms with Crippen molar-refractivity contribution in [1.82, 2.24) is 15.2 Å². The van der Waals surface area contributed by atoms with E-state index in [1.165, 1.54) is 12.8 Å². The van der Waals surface area contributed by atoms with Crippen LogP contribution in [0.5, 0.6) is 0 Å². The van der Waals surface area contributed by atoms with E-state index in [0.29, 0.717) is 12.5 Å². The number of nitrogens with one attached hydrogen (secondary N) is 2. The number of hydrogen-bond donors (Lipinski definition) is 2. The van der Waals surface area contributed by atoms with Gasteiger partial charge in [0.2, 0.25) is 0 Å². The van der Waals surface area contributed by atoms with E-state index < -0.39 is 0 Å². The Bertz CT molecular complexity index is 501. The Kier molecular flexibility index (Phi) is 2.73. The Morgan fingerprint density at radius 2 is 2.06 bits per heavy atom. The SMILES string of the molecule is Clc1ccc(NCc2nc(C3CC3)n[nH]2)cc1. The van der Waals surface area contributed by atoms with Crippen molar-refractivity contribution in [2.75, 3.05) is 5.32 Å². The third kappa shape index (κ3) is 2.58. The van der Waals surface area contributed by atoms with Crippen LogP contribution < -0.4 is 5.32 Å². The van der Waals surface area contributed by atoms with Gasteiger partial charge in [-0.25, -0.2) is 4.98 Å². The van der Waals surface area contributed by atoms with Gasteiger partial charge in [0.25, 0.3) is 0 Å². The Morgan fingerprint density at radius 1 is 1.29 bits per heavy atom. The van der Waals surface area contributed by atoms with Crippen LogP contribution in [-0.2, 0) is 6.54 Å². The summed E-state index contributed by atoms with van der Waals surface area (Å²) >= 11 is 5.82. The number of H-pyrrole nitrogens is 1. The summed E-state index contributed by atoms with van der Waals surface area (Å²) in [6.07, 6.45) is 2.45. The highest BCUT2D eigenvalue weighted by atomic mass is 35.5. The van der Waals surface area contributed by atoms with E-state index >= 15 is 0 Å². The highest BCUT2D eigenvalue weighted by molar-refractivity contribution is 6.30. The van der Waals surface area contributed by atoms with Crippen LogP contribution in [0.4, 0.5) is 5.69 Å². The van der Waals surface area contributed by atoms with Crippen molar-refractivity contribution < 1.29 is 0 Å². The van der Waals surface area contributed by atoms with Gasteiger partial charge >= 0.3 is 0 Å². The Balaban J connectivity index is 1.60. The maximum Gasteiger partial charge on any atom is 0.153 e. The van der Waals surface area contributed by atoms with E-state index in [1.54, 1.807) is 0 Å². The lowest BCUT2D eigenvalue weighted by Crippen LogP contribution is -2.01. The zero-order valence-corrected chi connectivity index (χ0v) is 10.0. The number of anilines is 1. The molecule has 2 N–H and O–H groups in total. The summed E-state index contributed by atoms with van der Waals surface area (Å²) in [5.41, 5.74) is 1.03. The normalized spacial score (nSPS) is 14.9. The van der Waals surface area contributed by atoms with Gasteiger partial charge in [-0.1, -0.05) is 11.6 Å². The van der Waals surface area contributed by atoms with Crippen molar-refractivity contribution in [2.45, 2.75) is 25.3 Å². The van der Waals surface area contributed by atoms with Gasteiger partial charge in [-0.05, 0) is 37.1 Å². The summed E-state index contributed by atoms with van der Waals surface area (Å²) in [6.45, 7) is 0.654. The van der Waals surface area contributed by atoms with Crippen LogP contribution in [0.3, 0.4) is 0 Å². The number of hydrogen-bond acceptors (Lipinski definition) is 3. The zero-order chi connectivity index (χ0) is 11.7. The van der Waals surface area contributed by atoms with Gasteiger partial charge < -0.3 is 5.32 Å². The second-order valence-corrected chi connectivity index (χ2v) is 4.71. The first-order valence-electron chi connectivity index (χ1n) is 5.72. The van der Waals surface area contributed by atoms with Crippen LogP contribution >= 0.6 is 11.6 Å². The summed E-state index contributed by atoms with van der Waals surface area (Å²) in [4.78, 5) is 4.45. The predicted octanol–water partition coefficient (Wildman–Crippen LogP) is 2.95. The smallest absolute Gasteiger partial charge is 0.153 e. The van der Waals surface area contributed by atoms with Crippen LogP contribution in [-0.4, -0.2) is 15.2 Å². The second kappa shape index (κ2) is 4.37. The van der Waals surface area contributed by atoms with Gasteiger partial charge in [0.05, 0.1) is 6.54 Å². The standard InChI is InChI=1S/C12H13ClN4/c13-9-3-5-10(6-4-9)14-7-11-15-12(17-16-11)8-1-2-8/h3-6,8,14H,1-2,7H2,(H,15,16,17). The zero-order valence-electron chi connectivity index (χ0n) is 9.28. The molecule has 1 saturated carbocycles. The quantitative estimate of drug-likeness (QED) is 0.875. The van der Waals surface area contributed by atoms with Crippen molar-refractivity contribution in [3.63, 3.8) is 0 Å². The van der Waals surface area contributed by atoms with Gasteiger partial charge in [-0.2, -0.15) is 5.10 Å². The minimum atomic E-state index is 0.593. The summed E-state index contributed by atoms with van der Waals surface area (Å²) in [7, 11) is 0. The molecule has 2 aromatic rings. The van der Waals surface area contributed by atoms with E-state index in [-0.39, 0.29) is 0 Å². The minimum Gasteiger partial charge on any atom is -0.378 e. The van der Waals surface area contributed by atoms with Gasteiger partial charge in [-0.15, -0.1) is 0 Å².